The summed E-state index contributed by atoms with van der Waals surface area (Å²) in [6.45, 7) is 0. The number of allylic oxidation sites excluding steroid dienone is 1. The predicted molar refractivity (Wildman–Crippen MR) is 131 cm³/mol. The number of rotatable bonds is 7. The minimum Gasteiger partial charge on any atom is -0.457 e. The van der Waals surface area contributed by atoms with E-state index in [1.54, 1.807) is 24.3 Å². The molecule has 0 aliphatic rings. The summed E-state index contributed by atoms with van der Waals surface area (Å²) in [5, 5.41) is 0. The molecule has 4 aromatic carbocycles. The number of nitrogens with two attached hydrogens (primary N) is 2. The maximum absolute atomic E-state index is 12.2. The molecule has 4 nitrogen and oxygen atoms in total. The van der Waals surface area contributed by atoms with Gasteiger partial charge in [-0.3, -0.25) is 4.79 Å². The second-order valence-corrected chi connectivity index (χ2v) is 7.52. The molecule has 4 heteroatoms. The molecule has 4 N–H and O–H groups in total. The summed E-state index contributed by atoms with van der Waals surface area (Å²) < 4.78 is 5.84. The van der Waals surface area contributed by atoms with Crippen LogP contribution >= 0.6 is 0 Å². The fourth-order valence-electron chi connectivity index (χ4n) is 3.28. The average molecular weight is 421 g/mol. The zero-order chi connectivity index (χ0) is 22.3. The van der Waals surface area contributed by atoms with Crippen LogP contribution in [0.25, 0.3) is 6.08 Å². The normalized spacial score (nSPS) is 10.9. The van der Waals surface area contributed by atoms with Crippen LogP contribution in [0.3, 0.4) is 0 Å². The first-order valence-corrected chi connectivity index (χ1v) is 10.3. The Morgan fingerprint density at radius 2 is 1.34 bits per heavy atom. The molecule has 0 unspecified atom stereocenters. The summed E-state index contributed by atoms with van der Waals surface area (Å²) >= 11 is 0. The summed E-state index contributed by atoms with van der Waals surface area (Å²) in [6, 6.07) is 30.7. The first-order valence-electron chi connectivity index (χ1n) is 10.3. The van der Waals surface area contributed by atoms with Crippen LogP contribution in [0.15, 0.2) is 103 Å². The van der Waals surface area contributed by atoms with Crippen molar-refractivity contribution in [2.75, 3.05) is 11.5 Å². The van der Waals surface area contributed by atoms with Gasteiger partial charge >= 0.3 is 0 Å². The molecular formula is C28H24N2O2. The van der Waals surface area contributed by atoms with Gasteiger partial charge in [0.1, 0.15) is 11.5 Å². The van der Waals surface area contributed by atoms with Gasteiger partial charge in [0.25, 0.3) is 0 Å². The van der Waals surface area contributed by atoms with Gasteiger partial charge in [0.15, 0.2) is 5.78 Å². The minimum atomic E-state index is -0.00126. The van der Waals surface area contributed by atoms with Crippen LogP contribution in [0, 0.1) is 0 Å². The minimum absolute atomic E-state index is 0.00126. The van der Waals surface area contributed by atoms with Crippen LogP contribution < -0.4 is 16.2 Å². The van der Waals surface area contributed by atoms with Gasteiger partial charge in [-0.2, -0.15) is 0 Å². The van der Waals surface area contributed by atoms with Crippen LogP contribution in [0.4, 0.5) is 11.4 Å². The van der Waals surface area contributed by atoms with E-state index in [4.69, 9.17) is 16.2 Å². The van der Waals surface area contributed by atoms with Crippen LogP contribution in [0.5, 0.6) is 11.5 Å². The first-order chi connectivity index (χ1) is 15.6. The molecule has 0 fully saturated rings. The van der Waals surface area contributed by atoms with E-state index in [9.17, 15) is 4.79 Å². The lowest BCUT2D eigenvalue weighted by atomic mass is 10.0. The maximum atomic E-state index is 12.2. The highest BCUT2D eigenvalue weighted by molar-refractivity contribution is 6.06. The fraction of sp³-hybridized carbons (Fsp3) is 0.0357. The van der Waals surface area contributed by atoms with Crippen LogP contribution in [-0.4, -0.2) is 5.78 Å². The monoisotopic (exact) mass is 420 g/mol. The van der Waals surface area contributed by atoms with Gasteiger partial charge in [0, 0.05) is 11.6 Å². The summed E-state index contributed by atoms with van der Waals surface area (Å²) in [6.07, 6.45) is 4.26. The van der Waals surface area contributed by atoms with Crippen molar-refractivity contribution >= 4 is 23.2 Å². The number of carbonyl (C=O) groups is 1. The predicted octanol–water partition coefficient (Wildman–Crippen LogP) is 6.13. The third-order valence-corrected chi connectivity index (χ3v) is 5.09. The van der Waals surface area contributed by atoms with E-state index in [0.29, 0.717) is 22.7 Å². The third kappa shape index (κ3) is 5.43. The lowest BCUT2D eigenvalue weighted by molar-refractivity contribution is 0.104. The summed E-state index contributed by atoms with van der Waals surface area (Å²) in [4.78, 5) is 12.2. The largest absolute Gasteiger partial charge is 0.457 e. The summed E-state index contributed by atoms with van der Waals surface area (Å²) in [7, 11) is 0. The molecule has 0 saturated carbocycles. The van der Waals surface area contributed by atoms with E-state index in [1.807, 2.05) is 72.8 Å². The van der Waals surface area contributed by atoms with Crippen molar-refractivity contribution in [2.45, 2.75) is 6.42 Å². The quantitative estimate of drug-likeness (QED) is 0.214. The molecule has 0 atom stereocenters. The zero-order valence-electron chi connectivity index (χ0n) is 17.6. The number of hydrogen-bond donors (Lipinski definition) is 2. The molecule has 0 heterocycles. The van der Waals surface area contributed by atoms with E-state index >= 15 is 0 Å². The molecule has 0 aliphatic carbocycles. The molecule has 4 aromatic rings. The van der Waals surface area contributed by atoms with Gasteiger partial charge in [-0.05, 0) is 53.5 Å². The van der Waals surface area contributed by atoms with Gasteiger partial charge < -0.3 is 16.2 Å². The van der Waals surface area contributed by atoms with Crippen molar-refractivity contribution in [3.8, 4) is 11.5 Å². The molecule has 158 valence electrons. The highest BCUT2D eigenvalue weighted by Crippen LogP contribution is 2.27. The molecule has 0 aliphatic heterocycles. The highest BCUT2D eigenvalue weighted by Gasteiger charge is 2.03. The molecule has 32 heavy (non-hydrogen) atoms. The van der Waals surface area contributed by atoms with Crippen molar-refractivity contribution in [3.05, 3.63) is 125 Å². The number of benzene rings is 4. The van der Waals surface area contributed by atoms with Crippen molar-refractivity contribution in [1.29, 1.82) is 0 Å². The second-order valence-electron chi connectivity index (χ2n) is 7.52. The average Bonchev–Trinajstić information content (AvgIpc) is 2.82. The fourth-order valence-corrected chi connectivity index (χ4v) is 3.28. The van der Waals surface area contributed by atoms with E-state index in [1.165, 1.54) is 11.1 Å². The standard InChI is InChI=1S/C28H24N2O2/c29-26-16-15-25(19-27(26)30)32-24-13-10-22(11-14-24)18-21-8-6-20(7-9-21)12-17-28(31)23-4-2-1-3-5-23/h1-17,19H,18,29-30H2/b17-12+. The number of carbonyl (C=O) groups excluding carboxylic acids is 1. The third-order valence-electron chi connectivity index (χ3n) is 5.09. The Balaban J connectivity index is 1.35. The maximum Gasteiger partial charge on any atom is 0.185 e. The molecule has 0 spiro atoms. The Kier molecular flexibility index (Phi) is 6.33. The first kappa shape index (κ1) is 20.9. The number of nitrogen functional groups attached to an aromatic ring is 2. The van der Waals surface area contributed by atoms with E-state index in [2.05, 4.69) is 12.1 Å². The molecule has 0 radical (unpaired) electrons. The Labute approximate surface area is 187 Å². The number of ketones is 1. The van der Waals surface area contributed by atoms with Crippen molar-refractivity contribution in [2.24, 2.45) is 0 Å². The van der Waals surface area contributed by atoms with Crippen LogP contribution in [0.2, 0.25) is 0 Å². The van der Waals surface area contributed by atoms with Crippen molar-refractivity contribution < 1.29 is 9.53 Å². The summed E-state index contributed by atoms with van der Waals surface area (Å²) in [5.41, 5.74) is 16.7. The smallest absolute Gasteiger partial charge is 0.185 e. The van der Waals surface area contributed by atoms with E-state index < -0.39 is 0 Å². The van der Waals surface area contributed by atoms with Crippen molar-refractivity contribution in [1.82, 2.24) is 0 Å². The van der Waals surface area contributed by atoms with Crippen molar-refractivity contribution in [3.63, 3.8) is 0 Å². The zero-order valence-corrected chi connectivity index (χ0v) is 17.6. The molecule has 0 saturated heterocycles. The Bertz CT molecular complexity index is 1230. The summed E-state index contributed by atoms with van der Waals surface area (Å²) in [5.74, 6) is 1.39. The highest BCUT2D eigenvalue weighted by atomic mass is 16.5. The topological polar surface area (TPSA) is 78.3 Å². The Hall–Kier alpha value is -4.31. The van der Waals surface area contributed by atoms with Crippen LogP contribution in [0.1, 0.15) is 27.0 Å². The van der Waals surface area contributed by atoms with Gasteiger partial charge in [0.05, 0.1) is 11.4 Å². The van der Waals surface area contributed by atoms with Gasteiger partial charge in [-0.1, -0.05) is 72.8 Å². The van der Waals surface area contributed by atoms with Crippen LogP contribution in [-0.2, 0) is 6.42 Å². The van der Waals surface area contributed by atoms with Gasteiger partial charge in [-0.15, -0.1) is 0 Å². The number of ether oxygens (including phenoxy) is 1. The molecule has 0 aromatic heterocycles. The van der Waals surface area contributed by atoms with Gasteiger partial charge in [-0.25, -0.2) is 0 Å². The second kappa shape index (κ2) is 9.67. The molecule has 4 rings (SSSR count). The number of hydrogen-bond acceptors (Lipinski definition) is 4. The Morgan fingerprint density at radius 3 is 2.00 bits per heavy atom. The Morgan fingerprint density at radius 1 is 0.719 bits per heavy atom. The number of anilines is 2. The SMILES string of the molecule is Nc1ccc(Oc2ccc(Cc3ccc(/C=C/C(=O)c4ccccc4)cc3)cc2)cc1N. The van der Waals surface area contributed by atoms with E-state index in [-0.39, 0.29) is 5.78 Å². The lowest BCUT2D eigenvalue weighted by Gasteiger charge is -2.09. The molecule has 0 bridgehead atoms. The van der Waals surface area contributed by atoms with Gasteiger partial charge in [0.2, 0.25) is 0 Å². The van der Waals surface area contributed by atoms with E-state index in [0.717, 1.165) is 17.7 Å². The molecule has 0 amide bonds. The lowest BCUT2D eigenvalue weighted by Crippen LogP contribution is -1.95. The molecular weight excluding hydrogens is 396 g/mol.